The van der Waals surface area contributed by atoms with Crippen LogP contribution in [-0.2, 0) is 15.7 Å². The highest BCUT2D eigenvalue weighted by atomic mass is 35.5. The van der Waals surface area contributed by atoms with E-state index < -0.39 is 8.32 Å². The van der Waals surface area contributed by atoms with E-state index in [2.05, 4.69) is 44.3 Å². The van der Waals surface area contributed by atoms with Gasteiger partial charge in [-0.2, -0.15) is 5.10 Å². The summed E-state index contributed by atoms with van der Waals surface area (Å²) in [6, 6.07) is 8.04. The quantitative estimate of drug-likeness (QED) is 0.287. The summed E-state index contributed by atoms with van der Waals surface area (Å²) >= 11 is 6.52. The number of hydrogen-bond acceptors (Lipinski definition) is 6. The summed E-state index contributed by atoms with van der Waals surface area (Å²) in [5.41, 5.74) is 2.22. The van der Waals surface area contributed by atoms with E-state index in [1.165, 1.54) is 4.68 Å². The molecule has 11 heteroatoms. The summed E-state index contributed by atoms with van der Waals surface area (Å²) in [4.78, 5) is 27.0. The normalized spacial score (nSPS) is 22.0. The number of rotatable bonds is 9. The second-order valence-electron chi connectivity index (χ2n) is 13.5. The number of halogens is 1. The van der Waals surface area contributed by atoms with Gasteiger partial charge in [0.05, 0.1) is 42.2 Å². The van der Waals surface area contributed by atoms with Gasteiger partial charge >= 0.3 is 5.69 Å². The Labute approximate surface area is 254 Å². The van der Waals surface area contributed by atoms with E-state index in [-0.39, 0.29) is 33.4 Å². The number of benzene rings is 1. The molecule has 1 unspecified atom stereocenters. The van der Waals surface area contributed by atoms with Crippen molar-refractivity contribution in [3.05, 3.63) is 56.3 Å². The molecule has 1 aromatic carbocycles. The molecular weight excluding hydrogens is 570 g/mol. The first-order chi connectivity index (χ1) is 20.0. The molecule has 1 atom stereocenters. The molecule has 1 saturated carbocycles. The maximum Gasteiger partial charge on any atom is 0.329 e. The molecule has 230 valence electrons. The Morgan fingerprint density at radius 2 is 1.76 bits per heavy atom. The number of imidazole rings is 1. The molecule has 0 amide bonds. The van der Waals surface area contributed by atoms with Crippen LogP contribution in [0.3, 0.4) is 0 Å². The molecule has 3 aromatic rings. The van der Waals surface area contributed by atoms with Crippen LogP contribution in [0.2, 0.25) is 23.2 Å². The van der Waals surface area contributed by atoms with E-state index in [0.29, 0.717) is 31.3 Å². The number of aromatic nitrogens is 4. The first-order valence-corrected chi connectivity index (χ1v) is 18.7. The minimum absolute atomic E-state index is 0.00982. The number of hydrogen-bond donors (Lipinski definition) is 1. The van der Waals surface area contributed by atoms with Gasteiger partial charge in [0.1, 0.15) is 5.02 Å². The first kappa shape index (κ1) is 31.0. The van der Waals surface area contributed by atoms with E-state index in [1.54, 1.807) is 6.20 Å². The fourth-order valence-corrected chi connectivity index (χ4v) is 7.26. The Morgan fingerprint density at radius 3 is 2.43 bits per heavy atom. The molecule has 0 spiro atoms. The van der Waals surface area contributed by atoms with E-state index in [0.717, 1.165) is 62.8 Å². The number of para-hydroxylation sites is 2. The Hall–Kier alpha value is -2.40. The lowest BCUT2D eigenvalue weighted by Gasteiger charge is -2.36. The van der Waals surface area contributed by atoms with Crippen LogP contribution in [0.15, 0.2) is 40.1 Å². The van der Waals surface area contributed by atoms with Crippen molar-refractivity contribution in [2.45, 2.75) is 96.1 Å². The summed E-state index contributed by atoms with van der Waals surface area (Å²) in [7, 11) is -1.91. The van der Waals surface area contributed by atoms with E-state index >= 15 is 0 Å². The number of nitrogens with one attached hydrogen (secondary N) is 1. The zero-order valence-electron chi connectivity index (χ0n) is 25.7. The third-order valence-electron chi connectivity index (χ3n) is 9.61. The molecular formula is C31H46ClN5O4Si. The molecule has 9 nitrogen and oxygen atoms in total. The van der Waals surface area contributed by atoms with Gasteiger partial charge in [0.2, 0.25) is 0 Å². The van der Waals surface area contributed by atoms with Crippen molar-refractivity contribution in [2.24, 2.45) is 5.92 Å². The zero-order chi connectivity index (χ0) is 30.1. The summed E-state index contributed by atoms with van der Waals surface area (Å²) in [6.07, 6.45) is 6.90. The number of fused-ring (bicyclic) bond motifs is 1. The van der Waals surface area contributed by atoms with Crippen LogP contribution in [0, 0.1) is 5.92 Å². The fourth-order valence-electron chi connectivity index (χ4n) is 6.02. The van der Waals surface area contributed by atoms with E-state index in [4.69, 9.17) is 20.8 Å². The van der Waals surface area contributed by atoms with Gasteiger partial charge in [0.15, 0.2) is 8.32 Å². The van der Waals surface area contributed by atoms with Crippen molar-refractivity contribution in [3.8, 4) is 0 Å². The maximum atomic E-state index is 13.8. The molecule has 2 aliphatic rings. The third-order valence-corrected chi connectivity index (χ3v) is 14.5. The average Bonchev–Trinajstić information content (AvgIpc) is 3.25. The summed E-state index contributed by atoms with van der Waals surface area (Å²) in [6.45, 7) is 14.5. The van der Waals surface area contributed by atoms with Crippen molar-refractivity contribution in [2.75, 3.05) is 31.7 Å². The van der Waals surface area contributed by atoms with Gasteiger partial charge in [-0.3, -0.25) is 13.9 Å². The highest BCUT2D eigenvalue weighted by molar-refractivity contribution is 6.74. The van der Waals surface area contributed by atoms with Crippen LogP contribution in [0.5, 0.6) is 0 Å². The molecule has 2 aromatic heterocycles. The SMILES string of the molecule is CC(C)(C)[Si](C)(C)OCCn1c(=O)n([C@H]2CC[C@H](n3ncc(NCC4CCCOC4)c(Cl)c3=O)CC2)c2ccccc21. The smallest absolute Gasteiger partial charge is 0.329 e. The highest BCUT2D eigenvalue weighted by Crippen LogP contribution is 2.37. The topological polar surface area (TPSA) is 92.3 Å². The van der Waals surface area contributed by atoms with E-state index in [1.807, 2.05) is 33.4 Å². The molecule has 0 bridgehead atoms. The minimum Gasteiger partial charge on any atom is -0.415 e. The van der Waals surface area contributed by atoms with Crippen molar-refractivity contribution in [1.29, 1.82) is 0 Å². The van der Waals surface area contributed by atoms with Crippen LogP contribution in [0.1, 0.15) is 71.4 Å². The van der Waals surface area contributed by atoms with Gasteiger partial charge in [-0.15, -0.1) is 0 Å². The zero-order valence-corrected chi connectivity index (χ0v) is 27.5. The Morgan fingerprint density at radius 1 is 1.07 bits per heavy atom. The van der Waals surface area contributed by atoms with Gasteiger partial charge in [0.25, 0.3) is 5.56 Å². The molecule has 5 rings (SSSR count). The van der Waals surface area contributed by atoms with Crippen molar-refractivity contribution in [1.82, 2.24) is 18.9 Å². The molecule has 1 N–H and O–H groups in total. The molecule has 2 fully saturated rings. The van der Waals surface area contributed by atoms with Crippen LogP contribution >= 0.6 is 11.6 Å². The van der Waals surface area contributed by atoms with Crippen LogP contribution in [0.4, 0.5) is 5.69 Å². The second kappa shape index (κ2) is 12.7. The van der Waals surface area contributed by atoms with Crippen molar-refractivity contribution >= 4 is 36.6 Å². The number of anilines is 1. The molecule has 3 heterocycles. The third kappa shape index (κ3) is 6.42. The van der Waals surface area contributed by atoms with Crippen LogP contribution in [0.25, 0.3) is 11.0 Å². The Bertz CT molecular complexity index is 1490. The summed E-state index contributed by atoms with van der Waals surface area (Å²) < 4.78 is 17.3. The molecule has 1 aliphatic carbocycles. The lowest BCUT2D eigenvalue weighted by atomic mass is 9.91. The Balaban J connectivity index is 1.27. The molecule has 42 heavy (non-hydrogen) atoms. The maximum absolute atomic E-state index is 13.8. The van der Waals surface area contributed by atoms with Gasteiger partial charge in [-0.25, -0.2) is 9.48 Å². The van der Waals surface area contributed by atoms with Gasteiger partial charge in [0, 0.05) is 25.7 Å². The van der Waals surface area contributed by atoms with E-state index in [9.17, 15) is 9.59 Å². The molecule has 1 aliphatic heterocycles. The lowest BCUT2D eigenvalue weighted by molar-refractivity contribution is 0.0595. The van der Waals surface area contributed by atoms with Crippen molar-refractivity contribution < 1.29 is 9.16 Å². The van der Waals surface area contributed by atoms with Crippen LogP contribution in [-0.4, -0.2) is 53.6 Å². The molecule has 0 radical (unpaired) electrons. The lowest BCUT2D eigenvalue weighted by Crippen LogP contribution is -2.42. The fraction of sp³-hybridized carbons (Fsp3) is 0.645. The van der Waals surface area contributed by atoms with Crippen LogP contribution < -0.4 is 16.6 Å². The number of nitrogens with zero attached hydrogens (tertiary/aromatic N) is 4. The second-order valence-corrected chi connectivity index (χ2v) is 18.6. The average molecular weight is 616 g/mol. The van der Waals surface area contributed by atoms with Crippen molar-refractivity contribution in [3.63, 3.8) is 0 Å². The minimum atomic E-state index is -1.91. The van der Waals surface area contributed by atoms with Gasteiger partial charge < -0.3 is 14.5 Å². The predicted octanol–water partition coefficient (Wildman–Crippen LogP) is 6.23. The summed E-state index contributed by atoms with van der Waals surface area (Å²) in [5, 5.41) is 8.11. The van der Waals surface area contributed by atoms with Gasteiger partial charge in [-0.1, -0.05) is 44.5 Å². The Kier molecular flexibility index (Phi) is 9.37. The molecule has 1 saturated heterocycles. The monoisotopic (exact) mass is 615 g/mol. The summed E-state index contributed by atoms with van der Waals surface area (Å²) in [5.74, 6) is 0.409. The highest BCUT2D eigenvalue weighted by Gasteiger charge is 2.37. The first-order valence-electron chi connectivity index (χ1n) is 15.4. The van der Waals surface area contributed by atoms with Gasteiger partial charge in [-0.05, 0) is 74.7 Å². The predicted molar refractivity (Wildman–Crippen MR) is 171 cm³/mol. The largest absolute Gasteiger partial charge is 0.415 e. The standard InChI is InChI=1S/C31H46ClN5O4Si/c1-31(2,3)42(4,5)41-18-16-35-26-10-6-7-11-27(26)36(30(35)39)23-12-14-24(15-13-23)37-29(38)28(32)25(20-34-37)33-19-22-9-8-17-40-21-22/h6-7,10-11,20,22-24,33H,8-9,12-19,21H2,1-5H3/t22?,23-,24-. The number of ether oxygens (including phenoxy) is 1.